The number of aliphatic hydroxyl groups is 2. The molecule has 4 fully saturated rings. The molecule has 7 rings (SSSR count). The van der Waals surface area contributed by atoms with Crippen molar-refractivity contribution in [3.63, 3.8) is 0 Å². The Kier molecular flexibility index (Phi) is 5.48. The van der Waals surface area contributed by atoms with Gasteiger partial charge in [-0.2, -0.15) is 0 Å². The van der Waals surface area contributed by atoms with Crippen molar-refractivity contribution >= 4 is 16.9 Å². The maximum atomic E-state index is 11.1. The normalized spacial score (nSPS) is 33.3. The van der Waals surface area contributed by atoms with E-state index in [1.807, 2.05) is 12.1 Å². The minimum Gasteiger partial charge on any atom is -0.491 e. The van der Waals surface area contributed by atoms with E-state index in [4.69, 9.17) is 15.2 Å². The highest BCUT2D eigenvalue weighted by atomic mass is 16.6. The summed E-state index contributed by atoms with van der Waals surface area (Å²) in [6.45, 7) is 2.64. The van der Waals surface area contributed by atoms with Gasteiger partial charge in [0.05, 0.1) is 23.2 Å². The molecule has 9 heteroatoms. The van der Waals surface area contributed by atoms with Gasteiger partial charge in [0.1, 0.15) is 35.7 Å². The molecule has 37 heavy (non-hydrogen) atoms. The van der Waals surface area contributed by atoms with Crippen molar-refractivity contribution in [3.05, 3.63) is 36.8 Å². The highest BCUT2D eigenvalue weighted by molar-refractivity contribution is 6.00. The first-order chi connectivity index (χ1) is 17.9. The number of nitrogen functional groups attached to an aromatic ring is 1. The van der Waals surface area contributed by atoms with Crippen LogP contribution in [-0.4, -0.2) is 79.3 Å². The maximum absolute atomic E-state index is 11.1. The van der Waals surface area contributed by atoms with Gasteiger partial charge in [-0.1, -0.05) is 12.1 Å². The zero-order valence-electron chi connectivity index (χ0n) is 21.1. The van der Waals surface area contributed by atoms with E-state index in [9.17, 15) is 10.2 Å². The molecule has 0 radical (unpaired) electrons. The van der Waals surface area contributed by atoms with E-state index < -0.39 is 5.60 Å². The largest absolute Gasteiger partial charge is 0.491 e. The van der Waals surface area contributed by atoms with E-state index in [-0.39, 0.29) is 17.7 Å². The first-order valence-corrected chi connectivity index (χ1v) is 13.5. The lowest BCUT2D eigenvalue weighted by Crippen LogP contribution is -2.52. The summed E-state index contributed by atoms with van der Waals surface area (Å²) in [5, 5.41) is 21.8. The van der Waals surface area contributed by atoms with E-state index in [2.05, 4.69) is 37.8 Å². The molecular formula is C28H35N5O4. The Bertz CT molecular complexity index is 1310. The molecule has 1 saturated carbocycles. The van der Waals surface area contributed by atoms with Crippen LogP contribution in [0.5, 0.6) is 5.75 Å². The Morgan fingerprint density at radius 3 is 2.73 bits per heavy atom. The highest BCUT2D eigenvalue weighted by Gasteiger charge is 2.47. The van der Waals surface area contributed by atoms with Crippen LogP contribution in [0, 0.1) is 0 Å². The Morgan fingerprint density at radius 2 is 2.00 bits per heavy atom. The monoisotopic (exact) mass is 505 g/mol. The van der Waals surface area contributed by atoms with Crippen LogP contribution in [-0.2, 0) is 4.74 Å². The van der Waals surface area contributed by atoms with Crippen molar-refractivity contribution < 1.29 is 19.7 Å². The van der Waals surface area contributed by atoms with Gasteiger partial charge in [-0.3, -0.25) is 4.90 Å². The molecule has 2 bridgehead atoms. The van der Waals surface area contributed by atoms with Crippen LogP contribution in [0.1, 0.15) is 51.0 Å². The number of nitrogens with zero attached hydrogens (tertiary/aromatic N) is 4. The second-order valence-electron chi connectivity index (χ2n) is 11.7. The van der Waals surface area contributed by atoms with Gasteiger partial charge in [-0.15, -0.1) is 0 Å². The highest BCUT2D eigenvalue weighted by Crippen LogP contribution is 2.46. The summed E-state index contributed by atoms with van der Waals surface area (Å²) >= 11 is 0. The zero-order chi connectivity index (χ0) is 25.2. The zero-order valence-corrected chi connectivity index (χ0v) is 21.1. The topological polar surface area (TPSA) is 119 Å². The Morgan fingerprint density at radius 1 is 1.16 bits per heavy atom. The van der Waals surface area contributed by atoms with Crippen molar-refractivity contribution in [2.45, 2.75) is 74.4 Å². The number of ether oxygens (including phenoxy) is 2. The third-order valence-electron chi connectivity index (χ3n) is 8.94. The third kappa shape index (κ3) is 4.18. The molecule has 4 N–H and O–H groups in total. The number of likely N-dealkylation sites (tertiary alicyclic amines) is 1. The number of fused-ring (bicyclic) bond motifs is 3. The van der Waals surface area contributed by atoms with Crippen molar-refractivity contribution in [3.8, 4) is 16.9 Å². The standard InChI is InChI=1S/C28H35N5O4/c29-25-24-23(18-2-1-3-22(10-18)36-16-28-7-4-21(37-28)5-8-28)14-33(26(24)31-17-30-25)19-11-27(35,12-19)15-32-9-6-20(34)13-32/h1-3,10,14,17,19-21,34-35H,4-9,11-13,15-16H2,(H2,29,30,31)/t19?,20-,21?,27?,28?/m1/s1. The third-order valence-corrected chi connectivity index (χ3v) is 8.94. The molecule has 9 nitrogen and oxygen atoms in total. The Labute approximate surface area is 216 Å². The average Bonchev–Trinajstić information content (AvgIpc) is 3.65. The second-order valence-corrected chi connectivity index (χ2v) is 11.7. The van der Waals surface area contributed by atoms with Gasteiger partial charge in [0, 0.05) is 37.4 Å². The molecule has 3 aromatic rings. The van der Waals surface area contributed by atoms with E-state index in [0.717, 1.165) is 66.6 Å². The van der Waals surface area contributed by atoms with Gasteiger partial charge >= 0.3 is 0 Å². The predicted molar refractivity (Wildman–Crippen MR) is 139 cm³/mol. The van der Waals surface area contributed by atoms with E-state index >= 15 is 0 Å². The summed E-state index contributed by atoms with van der Waals surface area (Å²) in [5.41, 5.74) is 8.25. The van der Waals surface area contributed by atoms with Crippen LogP contribution in [0.3, 0.4) is 0 Å². The molecule has 0 amide bonds. The van der Waals surface area contributed by atoms with Gasteiger partial charge in [-0.25, -0.2) is 9.97 Å². The van der Waals surface area contributed by atoms with Crippen LogP contribution in [0.2, 0.25) is 0 Å². The summed E-state index contributed by atoms with van der Waals surface area (Å²) in [6, 6.07) is 8.23. The number of hydrogen-bond donors (Lipinski definition) is 3. The summed E-state index contributed by atoms with van der Waals surface area (Å²) in [7, 11) is 0. The molecule has 1 aliphatic carbocycles. The number of β-amino-alcohol motifs (C(OH)–C–C–N with tert-alkyl or cyclic N) is 2. The van der Waals surface area contributed by atoms with Crippen LogP contribution >= 0.6 is 0 Å². The first-order valence-electron chi connectivity index (χ1n) is 13.5. The fourth-order valence-corrected chi connectivity index (χ4v) is 6.97. The SMILES string of the molecule is Nc1ncnc2c1c(-c1cccc(OCC34CCC(CC3)O4)c1)cn2C1CC(O)(CN2CC[C@@H](O)C2)C1. The molecule has 1 aromatic carbocycles. The van der Waals surface area contributed by atoms with Crippen LogP contribution in [0.4, 0.5) is 5.82 Å². The van der Waals surface area contributed by atoms with Gasteiger partial charge in [-0.05, 0) is 62.6 Å². The van der Waals surface area contributed by atoms with Gasteiger partial charge in [0.15, 0.2) is 0 Å². The number of anilines is 1. The van der Waals surface area contributed by atoms with Gasteiger partial charge in [0.25, 0.3) is 0 Å². The van der Waals surface area contributed by atoms with Crippen LogP contribution < -0.4 is 10.5 Å². The number of rotatable bonds is 7. The predicted octanol–water partition coefficient (Wildman–Crippen LogP) is 2.90. The lowest BCUT2D eigenvalue weighted by atomic mass is 9.75. The quantitative estimate of drug-likeness (QED) is 0.449. The minimum atomic E-state index is -0.751. The second kappa shape index (κ2) is 8.66. The fourth-order valence-electron chi connectivity index (χ4n) is 6.97. The number of aromatic nitrogens is 3. The molecule has 0 unspecified atom stereocenters. The molecule has 196 valence electrons. The summed E-state index contributed by atoms with van der Waals surface area (Å²) in [4.78, 5) is 11.0. The Hall–Kier alpha value is -2.72. The number of nitrogens with two attached hydrogens (primary N) is 1. The van der Waals surface area contributed by atoms with E-state index in [0.29, 0.717) is 44.5 Å². The lowest BCUT2D eigenvalue weighted by molar-refractivity contribution is -0.0849. The van der Waals surface area contributed by atoms with Gasteiger partial charge in [0.2, 0.25) is 0 Å². The van der Waals surface area contributed by atoms with E-state index in [1.165, 1.54) is 6.33 Å². The number of benzene rings is 1. The molecule has 2 aromatic heterocycles. The smallest absolute Gasteiger partial charge is 0.146 e. The minimum absolute atomic E-state index is 0.122. The van der Waals surface area contributed by atoms with Crippen molar-refractivity contribution in [2.24, 2.45) is 0 Å². The van der Waals surface area contributed by atoms with Crippen LogP contribution in [0.25, 0.3) is 22.2 Å². The van der Waals surface area contributed by atoms with Crippen LogP contribution in [0.15, 0.2) is 36.8 Å². The molecule has 3 aliphatic heterocycles. The maximum Gasteiger partial charge on any atom is 0.146 e. The number of aliphatic hydroxyl groups excluding tert-OH is 1. The Balaban J connectivity index is 1.13. The van der Waals surface area contributed by atoms with E-state index in [1.54, 1.807) is 0 Å². The molecule has 5 heterocycles. The van der Waals surface area contributed by atoms with Gasteiger partial charge < -0.3 is 30.0 Å². The molecule has 4 aliphatic rings. The first kappa shape index (κ1) is 23.4. The fraction of sp³-hybridized carbons (Fsp3) is 0.571. The average molecular weight is 506 g/mol. The van der Waals surface area contributed by atoms with Crippen molar-refractivity contribution in [1.29, 1.82) is 0 Å². The molecular weight excluding hydrogens is 470 g/mol. The molecule has 0 spiro atoms. The summed E-state index contributed by atoms with van der Waals surface area (Å²) in [6.07, 6.45) is 10.2. The lowest BCUT2D eigenvalue weighted by Gasteiger charge is -2.46. The molecule has 1 atom stereocenters. The summed E-state index contributed by atoms with van der Waals surface area (Å²) in [5.74, 6) is 1.26. The molecule has 3 saturated heterocycles. The summed E-state index contributed by atoms with van der Waals surface area (Å²) < 4.78 is 14.6. The number of hydrogen-bond acceptors (Lipinski definition) is 8. The van der Waals surface area contributed by atoms with Crippen molar-refractivity contribution in [1.82, 2.24) is 19.4 Å². The van der Waals surface area contributed by atoms with Crippen molar-refractivity contribution in [2.75, 3.05) is 32.0 Å².